The normalized spacial score (nSPS) is 10.9. The van der Waals surface area contributed by atoms with Gasteiger partial charge in [-0.3, -0.25) is 14.4 Å². The van der Waals surface area contributed by atoms with Gasteiger partial charge in [-0.15, -0.1) is 0 Å². The van der Waals surface area contributed by atoms with Crippen LogP contribution in [0.25, 0.3) is 16.6 Å². The van der Waals surface area contributed by atoms with Crippen molar-refractivity contribution < 1.29 is 4.79 Å². The Kier molecular flexibility index (Phi) is 6.41. The highest BCUT2D eigenvalue weighted by molar-refractivity contribution is 6.34. The molecule has 0 saturated carbocycles. The molecule has 178 valence electrons. The summed E-state index contributed by atoms with van der Waals surface area (Å²) in [6.07, 6.45) is 4.78. The Hall–Kier alpha value is -4.20. The lowest BCUT2D eigenvalue weighted by molar-refractivity contribution is 0.102. The molecule has 0 spiro atoms. The summed E-state index contributed by atoms with van der Waals surface area (Å²) in [5.74, 6) is -0.427. The maximum atomic E-state index is 13.2. The van der Waals surface area contributed by atoms with Crippen LogP contribution in [0.2, 0.25) is 10.0 Å². The van der Waals surface area contributed by atoms with Gasteiger partial charge in [-0.05, 0) is 60.2 Å². The number of aromatic nitrogens is 3. The predicted octanol–water partition coefficient (Wildman–Crippen LogP) is 5.15. The van der Waals surface area contributed by atoms with E-state index >= 15 is 0 Å². The summed E-state index contributed by atoms with van der Waals surface area (Å²) in [7, 11) is 0. The third-order valence-electron chi connectivity index (χ3n) is 5.67. The number of nitrogens with zero attached hydrogens (tertiary/aromatic N) is 3. The second-order valence-corrected chi connectivity index (χ2v) is 8.86. The number of halogens is 2. The van der Waals surface area contributed by atoms with Gasteiger partial charge in [-0.25, -0.2) is 4.98 Å². The summed E-state index contributed by atoms with van der Waals surface area (Å²) < 4.78 is 3.25. The molecule has 1 N–H and O–H groups in total. The topological polar surface area (TPSA) is 86.0 Å². The van der Waals surface area contributed by atoms with Gasteiger partial charge in [0.05, 0.1) is 17.1 Å². The van der Waals surface area contributed by atoms with Crippen LogP contribution in [0.4, 0.5) is 5.69 Å². The number of rotatable bonds is 5. The van der Waals surface area contributed by atoms with E-state index in [2.05, 4.69) is 10.3 Å². The van der Waals surface area contributed by atoms with E-state index in [0.29, 0.717) is 28.5 Å². The molecule has 1 amide bonds. The van der Waals surface area contributed by atoms with E-state index in [4.69, 9.17) is 23.2 Å². The van der Waals surface area contributed by atoms with Crippen molar-refractivity contribution in [2.45, 2.75) is 6.54 Å². The van der Waals surface area contributed by atoms with Crippen molar-refractivity contribution in [3.05, 3.63) is 133 Å². The fourth-order valence-electron chi connectivity index (χ4n) is 3.89. The Morgan fingerprint density at radius 2 is 1.64 bits per heavy atom. The van der Waals surface area contributed by atoms with Crippen LogP contribution < -0.4 is 16.3 Å². The highest BCUT2D eigenvalue weighted by atomic mass is 35.5. The molecule has 0 aliphatic heterocycles. The smallest absolute Gasteiger partial charge is 0.275 e. The highest BCUT2D eigenvalue weighted by Crippen LogP contribution is 2.19. The number of benzene rings is 2. The van der Waals surface area contributed by atoms with E-state index in [-0.39, 0.29) is 27.1 Å². The highest BCUT2D eigenvalue weighted by Gasteiger charge is 2.13. The standard InChI is InChI=1S/C27H18Cl2N4O3/c28-18-5-3-17(4-6-18)16-32-14-11-22-24(27(32)36)23(34)12-15-33(22)20-9-7-19(8-10-20)31-26(35)25-21(29)2-1-13-30-25/h1-15H,16H2,(H,31,35). The molecule has 0 atom stereocenters. The first-order valence-electron chi connectivity index (χ1n) is 10.9. The summed E-state index contributed by atoms with van der Waals surface area (Å²) in [5, 5.41) is 3.72. The lowest BCUT2D eigenvalue weighted by Crippen LogP contribution is -2.25. The van der Waals surface area contributed by atoms with E-state index in [1.807, 2.05) is 12.1 Å². The molecule has 0 aliphatic rings. The van der Waals surface area contributed by atoms with E-state index in [0.717, 1.165) is 5.56 Å². The fourth-order valence-corrected chi connectivity index (χ4v) is 4.22. The van der Waals surface area contributed by atoms with Crippen molar-refractivity contribution in [1.82, 2.24) is 14.1 Å². The molecule has 5 rings (SSSR count). The van der Waals surface area contributed by atoms with Gasteiger partial charge in [-0.1, -0.05) is 35.3 Å². The van der Waals surface area contributed by atoms with E-state index in [1.165, 1.54) is 16.8 Å². The minimum atomic E-state index is -0.427. The van der Waals surface area contributed by atoms with Crippen LogP contribution >= 0.6 is 23.2 Å². The van der Waals surface area contributed by atoms with Gasteiger partial charge >= 0.3 is 0 Å². The van der Waals surface area contributed by atoms with Crippen molar-refractivity contribution in [2.24, 2.45) is 0 Å². The Balaban J connectivity index is 1.46. The molecule has 3 aromatic heterocycles. The molecule has 0 saturated heterocycles. The number of hydrogen-bond acceptors (Lipinski definition) is 4. The van der Waals surface area contributed by atoms with Gasteiger partial charge in [0.1, 0.15) is 11.1 Å². The lowest BCUT2D eigenvalue weighted by atomic mass is 10.2. The number of carbonyl (C=O) groups is 1. The lowest BCUT2D eigenvalue weighted by Gasteiger charge is -2.13. The first-order chi connectivity index (χ1) is 17.4. The fraction of sp³-hybridized carbons (Fsp3) is 0.0370. The third kappa shape index (κ3) is 4.66. The summed E-state index contributed by atoms with van der Waals surface area (Å²) in [6, 6.07) is 20.5. The van der Waals surface area contributed by atoms with Crippen LogP contribution in [-0.4, -0.2) is 20.0 Å². The third-order valence-corrected chi connectivity index (χ3v) is 6.22. The van der Waals surface area contributed by atoms with Gasteiger partial charge in [0.15, 0.2) is 5.43 Å². The molecule has 9 heteroatoms. The van der Waals surface area contributed by atoms with Crippen molar-refractivity contribution >= 4 is 45.7 Å². The maximum Gasteiger partial charge on any atom is 0.275 e. The number of hydrogen-bond donors (Lipinski definition) is 1. The largest absolute Gasteiger partial charge is 0.321 e. The van der Waals surface area contributed by atoms with Crippen LogP contribution in [0.1, 0.15) is 16.1 Å². The van der Waals surface area contributed by atoms with Crippen LogP contribution in [0, 0.1) is 0 Å². The van der Waals surface area contributed by atoms with E-state index in [9.17, 15) is 14.4 Å². The first-order valence-corrected chi connectivity index (χ1v) is 11.7. The summed E-state index contributed by atoms with van der Waals surface area (Å²) in [4.78, 5) is 42.4. The van der Waals surface area contributed by atoms with E-state index in [1.54, 1.807) is 71.6 Å². The quantitative estimate of drug-likeness (QED) is 0.349. The second-order valence-electron chi connectivity index (χ2n) is 8.02. The van der Waals surface area contributed by atoms with Crippen molar-refractivity contribution in [2.75, 3.05) is 5.32 Å². The second kappa shape index (κ2) is 9.81. The molecule has 0 aliphatic carbocycles. The Morgan fingerprint density at radius 1 is 0.889 bits per heavy atom. The monoisotopic (exact) mass is 516 g/mol. The zero-order valence-corrected chi connectivity index (χ0v) is 20.2. The van der Waals surface area contributed by atoms with Crippen molar-refractivity contribution in [3.63, 3.8) is 0 Å². The van der Waals surface area contributed by atoms with Gasteiger partial charge < -0.3 is 14.5 Å². The van der Waals surface area contributed by atoms with Crippen LogP contribution in [0.15, 0.2) is 101 Å². The van der Waals surface area contributed by atoms with Gasteiger partial charge in [-0.2, -0.15) is 0 Å². The predicted molar refractivity (Wildman–Crippen MR) is 142 cm³/mol. The van der Waals surface area contributed by atoms with Crippen molar-refractivity contribution in [1.29, 1.82) is 0 Å². The first kappa shape index (κ1) is 23.5. The minimum Gasteiger partial charge on any atom is -0.321 e. The van der Waals surface area contributed by atoms with Crippen LogP contribution in [-0.2, 0) is 6.54 Å². The maximum absolute atomic E-state index is 13.2. The molecule has 0 bridgehead atoms. The average molecular weight is 517 g/mol. The molecule has 0 unspecified atom stereocenters. The van der Waals surface area contributed by atoms with Gasteiger partial charge in [0.25, 0.3) is 11.5 Å². The SMILES string of the molecule is O=C(Nc1ccc(-n2ccc(=O)c3c(=O)n(Cc4ccc(Cl)cc4)ccc32)cc1)c1ncccc1Cl. The summed E-state index contributed by atoms with van der Waals surface area (Å²) in [5.41, 5.74) is 2.03. The molecule has 0 radical (unpaired) electrons. The Bertz CT molecular complexity index is 1710. The molecule has 7 nitrogen and oxygen atoms in total. The van der Waals surface area contributed by atoms with Crippen LogP contribution in [0.3, 0.4) is 0 Å². The van der Waals surface area contributed by atoms with Gasteiger partial charge in [0.2, 0.25) is 0 Å². The number of fused-ring (bicyclic) bond motifs is 1. The number of nitrogens with one attached hydrogen (secondary N) is 1. The minimum absolute atomic E-state index is 0.0936. The molecular formula is C27H18Cl2N4O3. The molecule has 0 fully saturated rings. The number of pyridine rings is 3. The number of amides is 1. The average Bonchev–Trinajstić information content (AvgIpc) is 2.88. The zero-order chi connectivity index (χ0) is 25.2. The number of anilines is 1. The summed E-state index contributed by atoms with van der Waals surface area (Å²) in [6.45, 7) is 0.314. The van der Waals surface area contributed by atoms with Gasteiger partial charge in [0, 0.05) is 41.1 Å². The molecule has 5 aromatic rings. The summed E-state index contributed by atoms with van der Waals surface area (Å²) >= 11 is 12.0. The Morgan fingerprint density at radius 3 is 2.36 bits per heavy atom. The van der Waals surface area contributed by atoms with Crippen molar-refractivity contribution in [3.8, 4) is 5.69 Å². The molecule has 2 aromatic carbocycles. The van der Waals surface area contributed by atoms with Crippen LogP contribution in [0.5, 0.6) is 0 Å². The Labute approximate surface area is 215 Å². The number of carbonyl (C=O) groups excluding carboxylic acids is 1. The molecule has 3 heterocycles. The van der Waals surface area contributed by atoms with E-state index < -0.39 is 5.91 Å². The molecular weight excluding hydrogens is 499 g/mol. The molecule has 36 heavy (non-hydrogen) atoms. The zero-order valence-electron chi connectivity index (χ0n) is 18.7.